The largest absolute Gasteiger partial charge is 0.261 e. The number of hydrogen-bond acceptors (Lipinski definition) is 2. The molecule has 0 aliphatic rings. The van der Waals surface area contributed by atoms with E-state index in [4.69, 9.17) is 0 Å². The van der Waals surface area contributed by atoms with Crippen LogP contribution in [0.3, 0.4) is 0 Å². The Morgan fingerprint density at radius 1 is 1.13 bits per heavy atom. The SMILES string of the molecule is CSc1ccnc(Cc2ccccc2)c1. The van der Waals surface area contributed by atoms with Crippen LogP contribution < -0.4 is 0 Å². The van der Waals surface area contributed by atoms with E-state index in [1.54, 1.807) is 11.8 Å². The molecule has 0 fully saturated rings. The fourth-order valence-electron chi connectivity index (χ4n) is 1.48. The molecule has 0 radical (unpaired) electrons. The number of hydrogen-bond donors (Lipinski definition) is 0. The number of benzene rings is 1. The van der Waals surface area contributed by atoms with Crippen LogP contribution in [-0.2, 0) is 6.42 Å². The summed E-state index contributed by atoms with van der Waals surface area (Å²) in [6.45, 7) is 0. The standard InChI is InChI=1S/C13H13NS/c1-15-13-7-8-14-12(10-13)9-11-5-3-2-4-6-11/h2-8,10H,9H2,1H3. The van der Waals surface area contributed by atoms with Crippen molar-refractivity contribution >= 4 is 11.8 Å². The van der Waals surface area contributed by atoms with Gasteiger partial charge in [-0.05, 0) is 24.0 Å². The van der Waals surface area contributed by atoms with E-state index in [1.807, 2.05) is 18.3 Å². The molecule has 1 nitrogen and oxygen atoms in total. The minimum atomic E-state index is 0.912. The van der Waals surface area contributed by atoms with Gasteiger partial charge in [-0.3, -0.25) is 4.98 Å². The Balaban J connectivity index is 2.17. The minimum absolute atomic E-state index is 0.912. The molecule has 2 heteroatoms. The van der Waals surface area contributed by atoms with E-state index in [2.05, 4.69) is 41.6 Å². The van der Waals surface area contributed by atoms with Gasteiger partial charge in [0.25, 0.3) is 0 Å². The summed E-state index contributed by atoms with van der Waals surface area (Å²) >= 11 is 1.75. The Labute approximate surface area is 94.6 Å². The quantitative estimate of drug-likeness (QED) is 0.728. The third-order valence-corrected chi connectivity index (χ3v) is 2.98. The van der Waals surface area contributed by atoms with E-state index in [9.17, 15) is 0 Å². The number of nitrogens with zero attached hydrogens (tertiary/aromatic N) is 1. The van der Waals surface area contributed by atoms with Gasteiger partial charge in [-0.2, -0.15) is 0 Å². The summed E-state index contributed by atoms with van der Waals surface area (Å²) in [5.74, 6) is 0. The highest BCUT2D eigenvalue weighted by Crippen LogP contribution is 2.16. The van der Waals surface area contributed by atoms with Crippen molar-refractivity contribution in [1.29, 1.82) is 0 Å². The van der Waals surface area contributed by atoms with Gasteiger partial charge in [-0.15, -0.1) is 11.8 Å². The highest BCUT2D eigenvalue weighted by atomic mass is 32.2. The van der Waals surface area contributed by atoms with Crippen LogP contribution in [0.5, 0.6) is 0 Å². The van der Waals surface area contributed by atoms with Crippen molar-refractivity contribution in [2.45, 2.75) is 11.3 Å². The zero-order chi connectivity index (χ0) is 10.5. The first-order valence-corrected chi connectivity index (χ1v) is 6.14. The van der Waals surface area contributed by atoms with Crippen LogP contribution in [0.15, 0.2) is 53.6 Å². The number of aromatic nitrogens is 1. The second kappa shape index (κ2) is 4.99. The van der Waals surface area contributed by atoms with Gasteiger partial charge < -0.3 is 0 Å². The maximum absolute atomic E-state index is 4.37. The number of rotatable bonds is 3. The van der Waals surface area contributed by atoms with Gasteiger partial charge in [-0.1, -0.05) is 30.3 Å². The molecule has 0 spiro atoms. The average Bonchev–Trinajstić information content (AvgIpc) is 2.31. The summed E-state index contributed by atoms with van der Waals surface area (Å²) in [6.07, 6.45) is 4.88. The third-order valence-electron chi connectivity index (χ3n) is 2.25. The molecule has 15 heavy (non-hydrogen) atoms. The zero-order valence-corrected chi connectivity index (χ0v) is 9.50. The molecule has 1 heterocycles. The van der Waals surface area contributed by atoms with Crippen molar-refractivity contribution in [2.75, 3.05) is 6.26 Å². The molecule has 0 aliphatic carbocycles. The fraction of sp³-hybridized carbons (Fsp3) is 0.154. The van der Waals surface area contributed by atoms with E-state index in [-0.39, 0.29) is 0 Å². The van der Waals surface area contributed by atoms with Gasteiger partial charge in [0.1, 0.15) is 0 Å². The first-order chi connectivity index (χ1) is 7.38. The van der Waals surface area contributed by atoms with Crippen LogP contribution >= 0.6 is 11.8 Å². The molecule has 1 aromatic carbocycles. The van der Waals surface area contributed by atoms with Crippen LogP contribution in [0.25, 0.3) is 0 Å². The molecule has 0 N–H and O–H groups in total. The van der Waals surface area contributed by atoms with Crippen LogP contribution in [0.2, 0.25) is 0 Å². The monoisotopic (exact) mass is 215 g/mol. The van der Waals surface area contributed by atoms with Gasteiger partial charge >= 0.3 is 0 Å². The lowest BCUT2D eigenvalue weighted by atomic mass is 10.1. The minimum Gasteiger partial charge on any atom is -0.261 e. The molecule has 2 rings (SSSR count). The Morgan fingerprint density at radius 3 is 2.67 bits per heavy atom. The summed E-state index contributed by atoms with van der Waals surface area (Å²) in [4.78, 5) is 5.64. The van der Waals surface area contributed by atoms with Crippen molar-refractivity contribution in [1.82, 2.24) is 4.98 Å². The molecule has 0 aliphatic heterocycles. The molecule has 0 bridgehead atoms. The molecule has 0 saturated carbocycles. The average molecular weight is 215 g/mol. The first kappa shape index (κ1) is 10.2. The zero-order valence-electron chi connectivity index (χ0n) is 8.68. The molecule has 0 amide bonds. The molecule has 0 atom stereocenters. The molecule has 76 valence electrons. The van der Waals surface area contributed by atoms with E-state index in [0.717, 1.165) is 12.1 Å². The van der Waals surface area contributed by atoms with Crippen LogP contribution in [0.1, 0.15) is 11.3 Å². The Morgan fingerprint density at radius 2 is 1.93 bits per heavy atom. The number of thioether (sulfide) groups is 1. The van der Waals surface area contributed by atoms with Crippen LogP contribution in [-0.4, -0.2) is 11.2 Å². The van der Waals surface area contributed by atoms with Crippen molar-refractivity contribution < 1.29 is 0 Å². The predicted molar refractivity (Wildman–Crippen MR) is 65.3 cm³/mol. The fourth-order valence-corrected chi connectivity index (χ4v) is 1.94. The summed E-state index contributed by atoms with van der Waals surface area (Å²) in [5.41, 5.74) is 2.44. The van der Waals surface area contributed by atoms with Gasteiger partial charge in [0.2, 0.25) is 0 Å². The summed E-state index contributed by atoms with van der Waals surface area (Å²) < 4.78 is 0. The van der Waals surface area contributed by atoms with E-state index >= 15 is 0 Å². The van der Waals surface area contributed by atoms with Crippen molar-refractivity contribution in [2.24, 2.45) is 0 Å². The molecule has 0 unspecified atom stereocenters. The van der Waals surface area contributed by atoms with E-state index in [1.165, 1.54) is 10.5 Å². The maximum atomic E-state index is 4.37. The van der Waals surface area contributed by atoms with Gasteiger partial charge in [0.15, 0.2) is 0 Å². The lowest BCUT2D eigenvalue weighted by molar-refractivity contribution is 1.05. The smallest absolute Gasteiger partial charge is 0.0458 e. The second-order valence-corrected chi connectivity index (χ2v) is 4.23. The maximum Gasteiger partial charge on any atom is 0.0458 e. The van der Waals surface area contributed by atoms with E-state index < -0.39 is 0 Å². The normalized spacial score (nSPS) is 10.2. The van der Waals surface area contributed by atoms with E-state index in [0.29, 0.717) is 0 Å². The molecule has 1 aromatic heterocycles. The van der Waals surface area contributed by atoms with Crippen LogP contribution in [0.4, 0.5) is 0 Å². The Hall–Kier alpha value is -1.28. The van der Waals surface area contributed by atoms with Crippen molar-refractivity contribution in [3.63, 3.8) is 0 Å². The highest BCUT2D eigenvalue weighted by Gasteiger charge is 1.98. The lowest BCUT2D eigenvalue weighted by Gasteiger charge is -2.02. The molecule has 2 aromatic rings. The Bertz CT molecular complexity index is 426. The second-order valence-electron chi connectivity index (χ2n) is 3.35. The van der Waals surface area contributed by atoms with Gasteiger partial charge in [0, 0.05) is 23.2 Å². The molecular weight excluding hydrogens is 202 g/mol. The molecule has 0 saturated heterocycles. The van der Waals surface area contributed by atoms with Gasteiger partial charge in [-0.25, -0.2) is 0 Å². The lowest BCUT2D eigenvalue weighted by Crippen LogP contribution is -1.91. The number of pyridine rings is 1. The van der Waals surface area contributed by atoms with Crippen molar-refractivity contribution in [3.8, 4) is 0 Å². The highest BCUT2D eigenvalue weighted by molar-refractivity contribution is 7.98. The summed E-state index contributed by atoms with van der Waals surface area (Å²) in [7, 11) is 0. The third kappa shape index (κ3) is 2.83. The summed E-state index contributed by atoms with van der Waals surface area (Å²) in [6, 6.07) is 14.6. The first-order valence-electron chi connectivity index (χ1n) is 4.91. The van der Waals surface area contributed by atoms with Crippen molar-refractivity contribution in [3.05, 3.63) is 59.9 Å². The van der Waals surface area contributed by atoms with Crippen LogP contribution in [0, 0.1) is 0 Å². The molecular formula is C13H13NS. The van der Waals surface area contributed by atoms with Gasteiger partial charge in [0.05, 0.1) is 0 Å². The predicted octanol–water partition coefficient (Wildman–Crippen LogP) is 3.39. The summed E-state index contributed by atoms with van der Waals surface area (Å²) in [5, 5.41) is 0. The topological polar surface area (TPSA) is 12.9 Å². The Kier molecular flexibility index (Phi) is 3.41.